The van der Waals surface area contributed by atoms with E-state index in [1.807, 2.05) is 31.5 Å². The largest absolute Gasteiger partial charge is 0.350 e. The second kappa shape index (κ2) is 8.85. The van der Waals surface area contributed by atoms with Crippen molar-refractivity contribution in [3.05, 3.63) is 18.7 Å². The highest BCUT2D eigenvalue weighted by Gasteiger charge is 2.29. The molecule has 6 heteroatoms. The Hall–Kier alpha value is -1.85. The molecule has 1 fully saturated rings. The molecule has 6 nitrogen and oxygen atoms in total. The van der Waals surface area contributed by atoms with Gasteiger partial charge in [-0.15, -0.1) is 0 Å². The number of carbonyl (C=O) groups is 2. The van der Waals surface area contributed by atoms with E-state index >= 15 is 0 Å². The zero-order valence-corrected chi connectivity index (χ0v) is 15.0. The van der Waals surface area contributed by atoms with Crippen LogP contribution in [0.5, 0.6) is 0 Å². The lowest BCUT2D eigenvalue weighted by atomic mass is 9.88. The van der Waals surface area contributed by atoms with Crippen LogP contribution in [0.4, 0.5) is 0 Å². The van der Waals surface area contributed by atoms with Crippen molar-refractivity contribution < 1.29 is 9.59 Å². The van der Waals surface area contributed by atoms with Crippen LogP contribution in [0.1, 0.15) is 52.9 Å². The van der Waals surface area contributed by atoms with Crippen molar-refractivity contribution in [2.45, 2.75) is 71.5 Å². The molecule has 2 amide bonds. The van der Waals surface area contributed by atoms with E-state index in [0.29, 0.717) is 6.54 Å². The third-order valence-electron chi connectivity index (χ3n) is 4.66. The Morgan fingerprint density at radius 3 is 2.46 bits per heavy atom. The summed E-state index contributed by atoms with van der Waals surface area (Å²) in [6.45, 7) is 6.54. The summed E-state index contributed by atoms with van der Waals surface area (Å²) in [6, 6.07) is -0.510. The smallest absolute Gasteiger partial charge is 0.243 e. The van der Waals surface area contributed by atoms with E-state index in [0.717, 1.165) is 25.7 Å². The number of carbonyl (C=O) groups excluding carboxylic acids is 2. The predicted molar refractivity (Wildman–Crippen MR) is 93.2 cm³/mol. The second-order valence-electron chi connectivity index (χ2n) is 7.23. The van der Waals surface area contributed by atoms with Crippen LogP contribution in [0.25, 0.3) is 0 Å². The van der Waals surface area contributed by atoms with Crippen LogP contribution in [0.15, 0.2) is 18.7 Å². The molecule has 1 aliphatic rings. The Kier molecular flexibility index (Phi) is 6.82. The zero-order valence-electron chi connectivity index (χ0n) is 15.0. The highest BCUT2D eigenvalue weighted by Crippen LogP contribution is 2.24. The fourth-order valence-corrected chi connectivity index (χ4v) is 3.26. The van der Waals surface area contributed by atoms with Gasteiger partial charge >= 0.3 is 0 Å². The summed E-state index contributed by atoms with van der Waals surface area (Å²) in [4.78, 5) is 29.0. The highest BCUT2D eigenvalue weighted by molar-refractivity contribution is 5.88. The van der Waals surface area contributed by atoms with Crippen molar-refractivity contribution in [1.82, 2.24) is 20.2 Å². The van der Waals surface area contributed by atoms with Crippen LogP contribution in [-0.4, -0.2) is 33.4 Å². The summed E-state index contributed by atoms with van der Waals surface area (Å²) < 4.78 is 1.93. The fourth-order valence-electron chi connectivity index (χ4n) is 3.26. The SMILES string of the molecule is CC(C)[C@@H](NC(=O)C1CCCCC1)C(=O)N[C@H](C)Cn1ccnc1. The molecule has 0 saturated heterocycles. The number of nitrogens with zero attached hydrogens (tertiary/aromatic N) is 2. The minimum absolute atomic E-state index is 0.0282. The van der Waals surface area contributed by atoms with Gasteiger partial charge in [-0.1, -0.05) is 33.1 Å². The third kappa shape index (κ3) is 5.35. The number of rotatable bonds is 7. The van der Waals surface area contributed by atoms with Crippen LogP contribution in [-0.2, 0) is 16.1 Å². The van der Waals surface area contributed by atoms with E-state index in [1.54, 1.807) is 12.5 Å². The zero-order chi connectivity index (χ0) is 17.5. The first-order chi connectivity index (χ1) is 11.5. The maximum atomic E-state index is 12.6. The molecule has 1 aliphatic carbocycles. The molecule has 0 unspecified atom stereocenters. The molecular formula is C18H30N4O2. The van der Waals surface area contributed by atoms with E-state index in [-0.39, 0.29) is 29.7 Å². The summed E-state index contributed by atoms with van der Waals surface area (Å²) in [5.41, 5.74) is 0. The Balaban J connectivity index is 1.88. The van der Waals surface area contributed by atoms with E-state index < -0.39 is 6.04 Å². The van der Waals surface area contributed by atoms with E-state index in [4.69, 9.17) is 0 Å². The maximum Gasteiger partial charge on any atom is 0.243 e. The molecule has 2 N–H and O–H groups in total. The number of amides is 2. The minimum atomic E-state index is -0.482. The van der Waals surface area contributed by atoms with Crippen molar-refractivity contribution in [2.75, 3.05) is 0 Å². The molecule has 1 saturated carbocycles. The Labute approximate surface area is 144 Å². The topological polar surface area (TPSA) is 76.0 Å². The molecule has 2 atom stereocenters. The van der Waals surface area contributed by atoms with Crippen LogP contribution in [0.2, 0.25) is 0 Å². The van der Waals surface area contributed by atoms with Gasteiger partial charge in [0, 0.05) is 30.9 Å². The van der Waals surface area contributed by atoms with Crippen LogP contribution >= 0.6 is 0 Å². The number of hydrogen-bond acceptors (Lipinski definition) is 3. The molecule has 1 aromatic heterocycles. The normalized spacial score (nSPS) is 18.2. The van der Waals surface area contributed by atoms with Gasteiger partial charge in [0.2, 0.25) is 11.8 Å². The predicted octanol–water partition coefficient (Wildman–Crippen LogP) is 2.11. The highest BCUT2D eigenvalue weighted by atomic mass is 16.2. The summed E-state index contributed by atoms with van der Waals surface area (Å²) in [5, 5.41) is 5.99. The molecular weight excluding hydrogens is 304 g/mol. The number of imidazole rings is 1. The van der Waals surface area contributed by atoms with Crippen molar-refractivity contribution in [3.8, 4) is 0 Å². The first kappa shape index (κ1) is 18.5. The molecule has 0 radical (unpaired) electrons. The number of aromatic nitrogens is 2. The lowest BCUT2D eigenvalue weighted by Crippen LogP contribution is -2.53. The van der Waals surface area contributed by atoms with E-state index in [9.17, 15) is 9.59 Å². The van der Waals surface area contributed by atoms with Crippen molar-refractivity contribution in [1.29, 1.82) is 0 Å². The van der Waals surface area contributed by atoms with Crippen molar-refractivity contribution >= 4 is 11.8 Å². The van der Waals surface area contributed by atoms with Crippen LogP contribution < -0.4 is 10.6 Å². The average Bonchev–Trinajstić information content (AvgIpc) is 3.05. The maximum absolute atomic E-state index is 12.6. The summed E-state index contributed by atoms with van der Waals surface area (Å²) >= 11 is 0. The van der Waals surface area contributed by atoms with E-state index in [1.165, 1.54) is 6.42 Å². The monoisotopic (exact) mass is 334 g/mol. The van der Waals surface area contributed by atoms with Crippen molar-refractivity contribution in [3.63, 3.8) is 0 Å². The minimum Gasteiger partial charge on any atom is -0.350 e. The summed E-state index contributed by atoms with van der Waals surface area (Å²) in [7, 11) is 0. The molecule has 2 rings (SSSR count). The van der Waals surface area contributed by atoms with Gasteiger partial charge in [-0.2, -0.15) is 0 Å². The average molecular weight is 334 g/mol. The van der Waals surface area contributed by atoms with Gasteiger partial charge in [0.1, 0.15) is 6.04 Å². The summed E-state index contributed by atoms with van der Waals surface area (Å²) in [5.74, 6) is 0.0433. The van der Waals surface area contributed by atoms with Gasteiger partial charge in [0.05, 0.1) is 6.33 Å². The number of nitrogens with one attached hydrogen (secondary N) is 2. The van der Waals surface area contributed by atoms with Crippen LogP contribution in [0.3, 0.4) is 0 Å². The van der Waals surface area contributed by atoms with Gasteiger partial charge in [0.15, 0.2) is 0 Å². The van der Waals surface area contributed by atoms with Gasteiger partial charge in [-0.05, 0) is 25.7 Å². The van der Waals surface area contributed by atoms with E-state index in [2.05, 4.69) is 15.6 Å². The lowest BCUT2D eigenvalue weighted by Gasteiger charge is -2.27. The Morgan fingerprint density at radius 1 is 1.17 bits per heavy atom. The first-order valence-electron chi connectivity index (χ1n) is 9.04. The lowest BCUT2D eigenvalue weighted by molar-refractivity contribution is -0.133. The van der Waals surface area contributed by atoms with Gasteiger partial charge in [-0.3, -0.25) is 9.59 Å². The molecule has 0 aromatic carbocycles. The fraction of sp³-hybridized carbons (Fsp3) is 0.722. The molecule has 0 spiro atoms. The van der Waals surface area contributed by atoms with Crippen LogP contribution in [0, 0.1) is 11.8 Å². The second-order valence-corrected chi connectivity index (χ2v) is 7.23. The third-order valence-corrected chi connectivity index (χ3v) is 4.66. The molecule has 134 valence electrons. The quantitative estimate of drug-likeness (QED) is 0.802. The van der Waals surface area contributed by atoms with Crippen molar-refractivity contribution in [2.24, 2.45) is 11.8 Å². The summed E-state index contributed by atoms with van der Waals surface area (Å²) in [6.07, 6.45) is 10.6. The molecule has 24 heavy (non-hydrogen) atoms. The van der Waals surface area contributed by atoms with Gasteiger partial charge in [-0.25, -0.2) is 4.98 Å². The Bertz CT molecular complexity index is 521. The van der Waals surface area contributed by atoms with Gasteiger partial charge in [0.25, 0.3) is 0 Å². The standard InChI is InChI=1S/C18H30N4O2/c1-13(2)16(21-17(23)15-7-5-4-6-8-15)18(24)20-14(3)11-22-10-9-19-12-22/h9-10,12-16H,4-8,11H2,1-3H3,(H,20,24)(H,21,23)/t14-,16-/m1/s1. The molecule has 0 bridgehead atoms. The molecule has 1 aromatic rings. The number of hydrogen-bond donors (Lipinski definition) is 2. The molecule has 0 aliphatic heterocycles. The molecule has 1 heterocycles. The Morgan fingerprint density at radius 2 is 1.88 bits per heavy atom. The first-order valence-corrected chi connectivity index (χ1v) is 9.04. The van der Waals surface area contributed by atoms with Gasteiger partial charge < -0.3 is 15.2 Å².